The molecule has 4 rings (SSSR count). The van der Waals surface area contributed by atoms with Gasteiger partial charge in [0.2, 0.25) is 11.8 Å². The molecule has 2 unspecified atom stereocenters. The van der Waals surface area contributed by atoms with Crippen LogP contribution in [0, 0.1) is 11.8 Å². The molecule has 2 atom stereocenters. The van der Waals surface area contributed by atoms with E-state index in [1.54, 1.807) is 0 Å². The predicted molar refractivity (Wildman–Crippen MR) is 124 cm³/mol. The van der Waals surface area contributed by atoms with Crippen LogP contribution in [0.2, 0.25) is 10.0 Å². The van der Waals surface area contributed by atoms with Crippen LogP contribution in [0.5, 0.6) is 0 Å². The fourth-order valence-corrected chi connectivity index (χ4v) is 5.66. The summed E-state index contributed by atoms with van der Waals surface area (Å²) in [6.45, 7) is 0. The maximum Gasteiger partial charge on any atom is 0.416 e. The van der Waals surface area contributed by atoms with E-state index in [-0.39, 0.29) is 46.1 Å². The lowest BCUT2D eigenvalue weighted by molar-refractivity contribution is -0.137. The first-order valence-electron chi connectivity index (χ1n) is 10.4. The molecule has 2 aliphatic rings. The summed E-state index contributed by atoms with van der Waals surface area (Å²) >= 11 is 24.4. The standard InChI is InChI=1S/C23H16Cl4F5NO2/c24-13-5-11(4-12(6-13)23(30,31)32)18-19(22(18,26)27)20(35)33-14-1-2-16(25)15(7-14)17(34)3-10-8-21(28,29)9-10/h1-2,4-7,10,18-19H,3,8-9H2,(H,33,35). The number of carbonyl (C=O) groups excluding carboxylic acids is 2. The average Bonchev–Trinajstić information content (AvgIpc) is 3.29. The summed E-state index contributed by atoms with van der Waals surface area (Å²) in [7, 11) is 0. The molecule has 0 heterocycles. The molecule has 3 nitrogen and oxygen atoms in total. The summed E-state index contributed by atoms with van der Waals surface area (Å²) in [5.74, 6) is -6.40. The highest BCUT2D eigenvalue weighted by Gasteiger charge is 2.67. The molecule has 0 saturated heterocycles. The normalized spacial score (nSPS) is 22.9. The number of nitrogens with one attached hydrogen (secondary N) is 1. The first-order valence-corrected chi connectivity index (χ1v) is 11.9. The van der Waals surface area contributed by atoms with Crippen LogP contribution in [0.4, 0.5) is 27.6 Å². The highest BCUT2D eigenvalue weighted by molar-refractivity contribution is 6.53. The molecule has 188 valence electrons. The predicted octanol–water partition coefficient (Wildman–Crippen LogP) is 8.16. The highest BCUT2D eigenvalue weighted by Crippen LogP contribution is 2.65. The molecule has 0 spiro atoms. The molecule has 0 aromatic heterocycles. The van der Waals surface area contributed by atoms with Gasteiger partial charge in [-0.3, -0.25) is 9.59 Å². The van der Waals surface area contributed by atoms with E-state index in [0.29, 0.717) is 0 Å². The molecule has 0 aliphatic heterocycles. The third-order valence-electron chi connectivity index (χ3n) is 6.13. The molecular formula is C23H16Cl4F5NO2. The second kappa shape index (κ2) is 9.05. The van der Waals surface area contributed by atoms with Crippen molar-refractivity contribution in [2.24, 2.45) is 11.8 Å². The highest BCUT2D eigenvalue weighted by atomic mass is 35.5. The van der Waals surface area contributed by atoms with Gasteiger partial charge in [0.25, 0.3) is 0 Å². The fraction of sp³-hybridized carbons (Fsp3) is 0.391. The average molecular weight is 575 g/mol. The molecule has 2 saturated carbocycles. The zero-order valence-corrected chi connectivity index (χ0v) is 20.6. The molecule has 12 heteroatoms. The summed E-state index contributed by atoms with van der Waals surface area (Å²) < 4.78 is 63.9. The Morgan fingerprint density at radius 1 is 1.03 bits per heavy atom. The van der Waals surface area contributed by atoms with E-state index in [9.17, 15) is 31.5 Å². The Bertz CT molecular complexity index is 1190. The van der Waals surface area contributed by atoms with Crippen molar-refractivity contribution in [1.82, 2.24) is 0 Å². The molecule has 0 radical (unpaired) electrons. The lowest BCUT2D eigenvalue weighted by Crippen LogP contribution is -2.36. The number of anilines is 1. The van der Waals surface area contributed by atoms with Gasteiger partial charge in [-0.25, -0.2) is 8.78 Å². The van der Waals surface area contributed by atoms with Crippen molar-refractivity contribution in [3.63, 3.8) is 0 Å². The van der Waals surface area contributed by atoms with Crippen LogP contribution in [-0.4, -0.2) is 21.9 Å². The van der Waals surface area contributed by atoms with Crippen LogP contribution in [0.15, 0.2) is 36.4 Å². The van der Waals surface area contributed by atoms with E-state index in [1.807, 2.05) is 0 Å². The number of hydrogen-bond donors (Lipinski definition) is 1. The monoisotopic (exact) mass is 573 g/mol. The van der Waals surface area contributed by atoms with Crippen molar-refractivity contribution in [3.05, 3.63) is 63.1 Å². The van der Waals surface area contributed by atoms with Crippen molar-refractivity contribution >= 4 is 63.8 Å². The lowest BCUT2D eigenvalue weighted by atomic mass is 9.77. The van der Waals surface area contributed by atoms with Gasteiger partial charge in [-0.05, 0) is 47.9 Å². The summed E-state index contributed by atoms with van der Waals surface area (Å²) in [5.41, 5.74) is -0.724. The van der Waals surface area contributed by atoms with Crippen molar-refractivity contribution < 1.29 is 31.5 Å². The van der Waals surface area contributed by atoms with Gasteiger partial charge < -0.3 is 5.32 Å². The molecule has 2 aromatic carbocycles. The lowest BCUT2D eigenvalue weighted by Gasteiger charge is -2.34. The van der Waals surface area contributed by atoms with Crippen LogP contribution < -0.4 is 5.32 Å². The third-order valence-corrected chi connectivity index (χ3v) is 7.61. The number of halogens is 9. The number of Topliss-reactive ketones (excluding diaryl/α,β-unsaturated/α-hetero) is 1. The number of benzene rings is 2. The summed E-state index contributed by atoms with van der Waals surface area (Å²) in [5, 5.41) is 2.45. The first kappa shape index (κ1) is 26.5. The molecule has 2 aliphatic carbocycles. The van der Waals surface area contributed by atoms with Crippen LogP contribution in [0.3, 0.4) is 0 Å². The molecule has 35 heavy (non-hydrogen) atoms. The van der Waals surface area contributed by atoms with Crippen LogP contribution in [-0.2, 0) is 11.0 Å². The van der Waals surface area contributed by atoms with Gasteiger partial charge in [0.1, 0.15) is 4.33 Å². The topological polar surface area (TPSA) is 46.2 Å². The first-order chi connectivity index (χ1) is 16.1. The third kappa shape index (κ3) is 5.55. The van der Waals surface area contributed by atoms with Crippen molar-refractivity contribution in [1.29, 1.82) is 0 Å². The van der Waals surface area contributed by atoms with Gasteiger partial charge in [0.15, 0.2) is 5.78 Å². The van der Waals surface area contributed by atoms with Gasteiger partial charge in [0.05, 0.1) is 16.5 Å². The van der Waals surface area contributed by atoms with E-state index in [1.165, 1.54) is 24.3 Å². The van der Waals surface area contributed by atoms with Crippen molar-refractivity contribution in [2.75, 3.05) is 5.32 Å². The fourth-order valence-electron chi connectivity index (χ4n) is 4.36. The Hall–Kier alpha value is -1.61. The largest absolute Gasteiger partial charge is 0.416 e. The number of rotatable bonds is 6. The van der Waals surface area contributed by atoms with Crippen LogP contribution in [0.25, 0.3) is 0 Å². The van der Waals surface area contributed by atoms with Gasteiger partial charge in [-0.15, -0.1) is 23.2 Å². The molecule has 1 amide bonds. The molecule has 1 N–H and O–H groups in total. The van der Waals surface area contributed by atoms with E-state index in [0.717, 1.165) is 12.1 Å². The minimum Gasteiger partial charge on any atom is -0.326 e. The van der Waals surface area contributed by atoms with E-state index >= 15 is 0 Å². The summed E-state index contributed by atoms with van der Waals surface area (Å²) in [6.07, 6.45) is -5.51. The smallest absolute Gasteiger partial charge is 0.326 e. The molecular weight excluding hydrogens is 559 g/mol. The Morgan fingerprint density at radius 3 is 2.29 bits per heavy atom. The zero-order chi connectivity index (χ0) is 25.9. The van der Waals surface area contributed by atoms with Gasteiger partial charge in [-0.1, -0.05) is 23.2 Å². The summed E-state index contributed by atoms with van der Waals surface area (Å²) in [6, 6.07) is 6.94. The SMILES string of the molecule is O=C(CC1CC(F)(F)C1)c1cc(NC(=O)C2C(c3cc(Cl)cc(C(F)(F)F)c3)C2(Cl)Cl)ccc1Cl. The van der Waals surface area contributed by atoms with Crippen molar-refractivity contribution in [2.45, 2.75) is 41.6 Å². The van der Waals surface area contributed by atoms with Crippen LogP contribution in [0.1, 0.15) is 46.7 Å². The second-order valence-electron chi connectivity index (χ2n) is 8.84. The number of hydrogen-bond acceptors (Lipinski definition) is 2. The Kier molecular flexibility index (Phi) is 6.84. The quantitative estimate of drug-likeness (QED) is 0.215. The minimum atomic E-state index is -4.66. The van der Waals surface area contributed by atoms with Crippen LogP contribution >= 0.6 is 46.4 Å². The number of alkyl halides is 7. The van der Waals surface area contributed by atoms with Crippen molar-refractivity contribution in [3.8, 4) is 0 Å². The Balaban J connectivity index is 1.49. The Labute approximate surface area is 216 Å². The van der Waals surface area contributed by atoms with E-state index < -0.39 is 51.4 Å². The molecule has 0 bridgehead atoms. The van der Waals surface area contributed by atoms with Gasteiger partial charge >= 0.3 is 6.18 Å². The maximum absolute atomic E-state index is 13.2. The second-order valence-corrected chi connectivity index (χ2v) is 11.1. The van der Waals surface area contributed by atoms with Gasteiger partial charge in [0, 0.05) is 41.5 Å². The van der Waals surface area contributed by atoms with E-state index in [4.69, 9.17) is 46.4 Å². The maximum atomic E-state index is 13.2. The number of carbonyl (C=O) groups is 2. The molecule has 2 fully saturated rings. The molecule has 2 aromatic rings. The summed E-state index contributed by atoms with van der Waals surface area (Å²) in [4.78, 5) is 25.4. The number of ketones is 1. The Morgan fingerprint density at radius 2 is 1.69 bits per heavy atom. The zero-order valence-electron chi connectivity index (χ0n) is 17.5. The van der Waals surface area contributed by atoms with Gasteiger partial charge in [-0.2, -0.15) is 13.2 Å². The number of amides is 1. The minimum absolute atomic E-state index is 0.0549. The van der Waals surface area contributed by atoms with E-state index in [2.05, 4.69) is 5.32 Å².